The molecule has 1 aliphatic carbocycles. The third kappa shape index (κ3) is 3.14. The smallest absolute Gasteiger partial charge is 0.318 e. The normalized spacial score (nSPS) is 24.1. The highest BCUT2D eigenvalue weighted by atomic mass is 16.5. The second kappa shape index (κ2) is 5.11. The molecule has 2 rings (SSSR count). The molecule has 0 spiro atoms. The molecule has 0 bridgehead atoms. The number of nitrogens with two attached hydrogens (primary N) is 1. The van der Waals surface area contributed by atoms with Gasteiger partial charge in [-0.25, -0.2) is 4.98 Å². The van der Waals surface area contributed by atoms with Crippen molar-refractivity contribution in [3.8, 4) is 12.1 Å². The molecular weight excluding hydrogens is 216 g/mol. The van der Waals surface area contributed by atoms with Gasteiger partial charge in [0.15, 0.2) is 0 Å². The van der Waals surface area contributed by atoms with Gasteiger partial charge in [0.1, 0.15) is 17.9 Å². The van der Waals surface area contributed by atoms with Crippen LogP contribution in [0.1, 0.15) is 37.1 Å². The molecule has 1 saturated carbocycles. The van der Waals surface area contributed by atoms with Crippen molar-refractivity contribution in [3.05, 3.63) is 17.5 Å². The van der Waals surface area contributed by atoms with E-state index in [1.165, 1.54) is 0 Å². The highest BCUT2D eigenvalue weighted by Gasteiger charge is 2.21. The lowest BCUT2D eigenvalue weighted by molar-refractivity contribution is 0.132. The molecule has 0 radical (unpaired) electrons. The standard InChI is InChI=1S/C12H16N4O/c1-8-5-10(7-13)16-12(15-8)17-11-4-2-3-9(14)6-11/h5,9,11H,2-4,6,14H2,1H3. The molecule has 1 fully saturated rings. The van der Waals surface area contributed by atoms with Crippen LogP contribution in [0, 0.1) is 18.3 Å². The fourth-order valence-corrected chi connectivity index (χ4v) is 2.09. The molecule has 5 nitrogen and oxygen atoms in total. The predicted octanol–water partition coefficient (Wildman–Crippen LogP) is 1.31. The van der Waals surface area contributed by atoms with E-state index in [9.17, 15) is 0 Å². The SMILES string of the molecule is Cc1cc(C#N)nc(OC2CCCC(N)C2)n1. The second-order valence-corrected chi connectivity index (χ2v) is 4.46. The topological polar surface area (TPSA) is 84.8 Å². The Bertz CT molecular complexity index is 441. The maximum absolute atomic E-state index is 8.82. The van der Waals surface area contributed by atoms with Gasteiger partial charge >= 0.3 is 6.01 Å². The fraction of sp³-hybridized carbons (Fsp3) is 0.583. The molecular formula is C12H16N4O. The van der Waals surface area contributed by atoms with Crippen molar-refractivity contribution in [1.82, 2.24) is 9.97 Å². The van der Waals surface area contributed by atoms with Crippen molar-refractivity contribution in [2.75, 3.05) is 0 Å². The zero-order chi connectivity index (χ0) is 12.3. The molecule has 2 unspecified atom stereocenters. The van der Waals surface area contributed by atoms with E-state index >= 15 is 0 Å². The van der Waals surface area contributed by atoms with Crippen molar-refractivity contribution >= 4 is 0 Å². The van der Waals surface area contributed by atoms with E-state index < -0.39 is 0 Å². The van der Waals surface area contributed by atoms with Gasteiger partial charge in [-0.15, -0.1) is 0 Å². The lowest BCUT2D eigenvalue weighted by Gasteiger charge is -2.26. The van der Waals surface area contributed by atoms with Gasteiger partial charge in [-0.1, -0.05) is 0 Å². The number of ether oxygens (including phenoxy) is 1. The quantitative estimate of drug-likeness (QED) is 0.830. The lowest BCUT2D eigenvalue weighted by Crippen LogP contribution is -2.34. The van der Waals surface area contributed by atoms with Crippen LogP contribution in [-0.2, 0) is 0 Å². The average molecular weight is 232 g/mol. The van der Waals surface area contributed by atoms with Crippen LogP contribution in [0.4, 0.5) is 0 Å². The van der Waals surface area contributed by atoms with Crippen LogP contribution in [0.15, 0.2) is 6.07 Å². The Balaban J connectivity index is 2.07. The van der Waals surface area contributed by atoms with Crippen LogP contribution in [0.25, 0.3) is 0 Å². The van der Waals surface area contributed by atoms with Crippen LogP contribution in [0.3, 0.4) is 0 Å². The number of nitriles is 1. The van der Waals surface area contributed by atoms with E-state index in [1.54, 1.807) is 6.07 Å². The molecule has 0 aromatic carbocycles. The summed E-state index contributed by atoms with van der Waals surface area (Å²) >= 11 is 0. The van der Waals surface area contributed by atoms with Crippen LogP contribution < -0.4 is 10.5 Å². The largest absolute Gasteiger partial charge is 0.460 e. The highest BCUT2D eigenvalue weighted by molar-refractivity contribution is 5.23. The molecule has 1 aromatic heterocycles. The van der Waals surface area contributed by atoms with Crippen molar-refractivity contribution < 1.29 is 4.74 Å². The van der Waals surface area contributed by atoms with E-state index in [4.69, 9.17) is 15.7 Å². The van der Waals surface area contributed by atoms with Gasteiger partial charge in [0, 0.05) is 11.7 Å². The Kier molecular flexibility index (Phi) is 3.55. The molecule has 2 atom stereocenters. The van der Waals surface area contributed by atoms with Crippen molar-refractivity contribution in [2.45, 2.75) is 44.8 Å². The Labute approximate surface area is 101 Å². The number of aromatic nitrogens is 2. The summed E-state index contributed by atoms with van der Waals surface area (Å²) in [5, 5.41) is 8.82. The summed E-state index contributed by atoms with van der Waals surface area (Å²) in [6.07, 6.45) is 4.01. The maximum Gasteiger partial charge on any atom is 0.318 e. The first kappa shape index (κ1) is 11.8. The third-order valence-electron chi connectivity index (χ3n) is 2.89. The van der Waals surface area contributed by atoms with Crippen LogP contribution in [0.5, 0.6) is 6.01 Å². The minimum atomic E-state index is 0.0760. The number of aryl methyl sites for hydroxylation is 1. The second-order valence-electron chi connectivity index (χ2n) is 4.46. The number of nitrogens with zero attached hydrogens (tertiary/aromatic N) is 3. The number of hydrogen-bond donors (Lipinski definition) is 1. The lowest BCUT2D eigenvalue weighted by atomic mass is 9.94. The molecule has 0 amide bonds. The molecule has 17 heavy (non-hydrogen) atoms. The molecule has 1 aliphatic rings. The Morgan fingerprint density at radius 2 is 2.29 bits per heavy atom. The molecule has 1 heterocycles. The van der Waals surface area contributed by atoms with Gasteiger partial charge in [0.05, 0.1) is 0 Å². The van der Waals surface area contributed by atoms with Crippen molar-refractivity contribution in [1.29, 1.82) is 5.26 Å². The van der Waals surface area contributed by atoms with E-state index in [0.29, 0.717) is 11.7 Å². The molecule has 1 aromatic rings. The Morgan fingerprint density at radius 3 is 3.00 bits per heavy atom. The minimum Gasteiger partial charge on any atom is -0.460 e. The summed E-state index contributed by atoms with van der Waals surface area (Å²) < 4.78 is 5.70. The Morgan fingerprint density at radius 1 is 1.47 bits per heavy atom. The zero-order valence-corrected chi connectivity index (χ0v) is 9.89. The van der Waals surface area contributed by atoms with Crippen LogP contribution >= 0.6 is 0 Å². The minimum absolute atomic E-state index is 0.0760. The first-order valence-electron chi connectivity index (χ1n) is 5.85. The fourth-order valence-electron chi connectivity index (χ4n) is 2.09. The third-order valence-corrected chi connectivity index (χ3v) is 2.89. The first-order chi connectivity index (χ1) is 8.17. The van der Waals surface area contributed by atoms with Gasteiger partial charge in [0.2, 0.25) is 0 Å². The zero-order valence-electron chi connectivity index (χ0n) is 9.89. The average Bonchev–Trinajstić information content (AvgIpc) is 2.28. The first-order valence-corrected chi connectivity index (χ1v) is 5.85. The summed E-state index contributed by atoms with van der Waals surface area (Å²) in [5.41, 5.74) is 6.97. The van der Waals surface area contributed by atoms with Crippen LogP contribution in [0.2, 0.25) is 0 Å². The summed E-state index contributed by atoms with van der Waals surface area (Å²) in [7, 11) is 0. The van der Waals surface area contributed by atoms with E-state index in [1.807, 2.05) is 13.0 Å². The summed E-state index contributed by atoms with van der Waals surface area (Å²) in [6, 6.07) is 4.13. The highest BCUT2D eigenvalue weighted by Crippen LogP contribution is 2.21. The maximum atomic E-state index is 8.82. The van der Waals surface area contributed by atoms with Crippen molar-refractivity contribution in [3.63, 3.8) is 0 Å². The predicted molar refractivity (Wildman–Crippen MR) is 62.3 cm³/mol. The molecule has 2 N–H and O–H groups in total. The van der Waals surface area contributed by atoms with E-state index in [0.717, 1.165) is 31.4 Å². The molecule has 0 aliphatic heterocycles. The molecule has 90 valence electrons. The monoisotopic (exact) mass is 232 g/mol. The van der Waals surface area contributed by atoms with Gasteiger partial charge < -0.3 is 10.5 Å². The number of hydrogen-bond acceptors (Lipinski definition) is 5. The summed E-state index contributed by atoms with van der Waals surface area (Å²) in [6.45, 7) is 1.82. The van der Waals surface area contributed by atoms with Crippen molar-refractivity contribution in [2.24, 2.45) is 5.73 Å². The number of rotatable bonds is 2. The Hall–Kier alpha value is -1.67. The van der Waals surface area contributed by atoms with E-state index in [-0.39, 0.29) is 12.1 Å². The molecule has 5 heteroatoms. The van der Waals surface area contributed by atoms with Gasteiger partial charge in [-0.05, 0) is 38.7 Å². The molecule has 0 saturated heterocycles. The van der Waals surface area contributed by atoms with Gasteiger partial charge in [-0.2, -0.15) is 10.2 Å². The summed E-state index contributed by atoms with van der Waals surface area (Å²) in [5.74, 6) is 0. The van der Waals surface area contributed by atoms with Gasteiger partial charge in [0.25, 0.3) is 0 Å². The summed E-state index contributed by atoms with van der Waals surface area (Å²) in [4.78, 5) is 8.21. The van der Waals surface area contributed by atoms with Gasteiger partial charge in [-0.3, -0.25) is 0 Å². The van der Waals surface area contributed by atoms with Crippen LogP contribution in [-0.4, -0.2) is 22.1 Å². The van der Waals surface area contributed by atoms with E-state index in [2.05, 4.69) is 9.97 Å².